The average Bonchev–Trinajstić information content (AvgIpc) is 3.24. The lowest BCUT2D eigenvalue weighted by molar-refractivity contribution is -0.151. The first kappa shape index (κ1) is 34.2. The van der Waals surface area contributed by atoms with E-state index in [4.69, 9.17) is 13.8 Å². The predicted octanol–water partition coefficient (Wildman–Crippen LogP) is 3.83. The largest absolute Gasteiger partial charge is 0.461 e. The standard InChI is InChI=1S/C30H49N4O7P/c1-7-26(8-2)41-28(36)24(5)31-42(38,39-19-14-23(3)4)40-21-27(35)33-17-18-34(20-25-12-10-9-11-13-25)30(22-33)15-16-32(6)29(30)37/h9-13,23-24,26H,7-8,14-22H2,1-6H3,(H,31,38). The summed E-state index contributed by atoms with van der Waals surface area (Å²) in [6.07, 6.45) is 2.32. The summed E-state index contributed by atoms with van der Waals surface area (Å²) in [5.74, 6) is -0.668. The van der Waals surface area contributed by atoms with Crippen molar-refractivity contribution >= 4 is 25.5 Å². The second-order valence-electron chi connectivity index (χ2n) is 11.7. The highest BCUT2D eigenvalue weighted by Crippen LogP contribution is 2.45. The summed E-state index contributed by atoms with van der Waals surface area (Å²) < 4.78 is 30.5. The Morgan fingerprint density at radius 2 is 1.74 bits per heavy atom. The minimum atomic E-state index is -4.05. The molecule has 2 amide bonds. The van der Waals surface area contributed by atoms with Gasteiger partial charge < -0.3 is 14.5 Å². The third-order valence-corrected chi connectivity index (χ3v) is 9.78. The molecule has 0 radical (unpaired) electrons. The fraction of sp³-hybridized carbons (Fsp3) is 0.700. The van der Waals surface area contributed by atoms with Crippen LogP contribution in [0.3, 0.4) is 0 Å². The van der Waals surface area contributed by atoms with Gasteiger partial charge in [-0.15, -0.1) is 0 Å². The number of nitrogens with zero attached hydrogens (tertiary/aromatic N) is 3. The van der Waals surface area contributed by atoms with Crippen LogP contribution < -0.4 is 5.09 Å². The molecule has 2 saturated heterocycles. The van der Waals surface area contributed by atoms with Crippen LogP contribution in [-0.2, 0) is 39.3 Å². The molecule has 0 bridgehead atoms. The normalized spacial score (nSPS) is 21.8. The van der Waals surface area contributed by atoms with E-state index in [1.165, 1.54) is 6.92 Å². The molecule has 42 heavy (non-hydrogen) atoms. The van der Waals surface area contributed by atoms with Gasteiger partial charge in [-0.25, -0.2) is 9.65 Å². The molecule has 11 nitrogen and oxygen atoms in total. The molecule has 0 aromatic heterocycles. The molecule has 2 aliphatic heterocycles. The van der Waals surface area contributed by atoms with E-state index in [0.29, 0.717) is 57.8 Å². The van der Waals surface area contributed by atoms with Gasteiger partial charge in [0.1, 0.15) is 24.3 Å². The summed E-state index contributed by atoms with van der Waals surface area (Å²) in [5, 5.41) is 2.67. The maximum atomic E-state index is 13.7. The second kappa shape index (κ2) is 15.4. The molecule has 236 valence electrons. The van der Waals surface area contributed by atoms with Crippen LogP contribution in [0.5, 0.6) is 0 Å². The molecule has 1 N–H and O–H groups in total. The Kier molecular flexibility index (Phi) is 12.6. The molecule has 1 aromatic rings. The Bertz CT molecular complexity index is 1100. The van der Waals surface area contributed by atoms with Crippen molar-refractivity contribution in [3.8, 4) is 0 Å². The number of nitrogens with one attached hydrogen (secondary N) is 1. The number of likely N-dealkylation sites (N-methyl/N-ethyl adjacent to an activating group) is 1. The van der Waals surface area contributed by atoms with Crippen molar-refractivity contribution in [3.05, 3.63) is 35.9 Å². The highest BCUT2D eigenvalue weighted by molar-refractivity contribution is 7.51. The van der Waals surface area contributed by atoms with Gasteiger partial charge in [0.25, 0.3) is 0 Å². The van der Waals surface area contributed by atoms with E-state index in [9.17, 15) is 18.9 Å². The summed E-state index contributed by atoms with van der Waals surface area (Å²) in [6.45, 7) is 11.4. The van der Waals surface area contributed by atoms with Gasteiger partial charge in [-0.05, 0) is 44.1 Å². The minimum absolute atomic E-state index is 0.00833. The van der Waals surface area contributed by atoms with E-state index in [0.717, 1.165) is 5.56 Å². The smallest absolute Gasteiger partial charge is 0.406 e. The summed E-state index contributed by atoms with van der Waals surface area (Å²) >= 11 is 0. The van der Waals surface area contributed by atoms with Gasteiger partial charge in [-0.1, -0.05) is 58.0 Å². The number of esters is 1. The number of hydrogen-bond acceptors (Lipinski definition) is 8. The Labute approximate surface area is 250 Å². The Balaban J connectivity index is 1.69. The van der Waals surface area contributed by atoms with E-state index in [1.54, 1.807) is 16.8 Å². The number of hydrogen-bond donors (Lipinski definition) is 1. The monoisotopic (exact) mass is 608 g/mol. The van der Waals surface area contributed by atoms with Crippen molar-refractivity contribution in [1.82, 2.24) is 19.8 Å². The zero-order valence-corrected chi connectivity index (χ0v) is 26.9. The first-order valence-corrected chi connectivity index (χ1v) is 16.7. The van der Waals surface area contributed by atoms with Gasteiger partial charge in [-0.3, -0.25) is 28.3 Å². The second-order valence-corrected chi connectivity index (χ2v) is 13.5. The van der Waals surface area contributed by atoms with Gasteiger partial charge in [-0.2, -0.15) is 0 Å². The molecule has 1 spiro atoms. The number of piperazine rings is 1. The molecule has 0 saturated carbocycles. The third-order valence-electron chi connectivity index (χ3n) is 8.09. The van der Waals surface area contributed by atoms with Gasteiger partial charge in [0.2, 0.25) is 11.8 Å². The summed E-state index contributed by atoms with van der Waals surface area (Å²) in [6, 6.07) is 9.01. The molecule has 3 unspecified atom stereocenters. The number of carbonyl (C=O) groups excluding carboxylic acids is 3. The van der Waals surface area contributed by atoms with E-state index in [-0.39, 0.29) is 25.2 Å². The van der Waals surface area contributed by atoms with Gasteiger partial charge in [0, 0.05) is 39.8 Å². The highest BCUT2D eigenvalue weighted by atomic mass is 31.2. The first-order chi connectivity index (χ1) is 19.9. The minimum Gasteiger partial charge on any atom is -0.461 e. The Morgan fingerprint density at radius 1 is 1.05 bits per heavy atom. The van der Waals surface area contributed by atoms with Gasteiger partial charge in [0.15, 0.2) is 0 Å². The summed E-state index contributed by atoms with van der Waals surface area (Å²) in [7, 11) is -2.26. The molecule has 2 aliphatic rings. The topological polar surface area (TPSA) is 118 Å². The van der Waals surface area contributed by atoms with Crippen molar-refractivity contribution < 1.29 is 32.7 Å². The molecule has 2 heterocycles. The number of amides is 2. The van der Waals surface area contributed by atoms with Crippen molar-refractivity contribution in [1.29, 1.82) is 0 Å². The maximum Gasteiger partial charge on any atom is 0.406 e. The quantitative estimate of drug-likeness (QED) is 0.234. The van der Waals surface area contributed by atoms with Crippen LogP contribution in [0.1, 0.15) is 65.9 Å². The van der Waals surface area contributed by atoms with Crippen LogP contribution in [0, 0.1) is 5.92 Å². The first-order valence-electron chi connectivity index (χ1n) is 15.1. The highest BCUT2D eigenvalue weighted by Gasteiger charge is 2.53. The van der Waals surface area contributed by atoms with Gasteiger partial charge in [0.05, 0.1) is 6.61 Å². The molecular weight excluding hydrogens is 559 g/mol. The van der Waals surface area contributed by atoms with E-state index in [1.807, 2.05) is 58.0 Å². The van der Waals surface area contributed by atoms with E-state index < -0.39 is 37.8 Å². The lowest BCUT2D eigenvalue weighted by atomic mass is 9.91. The van der Waals surface area contributed by atoms with Crippen molar-refractivity contribution in [2.24, 2.45) is 5.92 Å². The van der Waals surface area contributed by atoms with Gasteiger partial charge >= 0.3 is 13.7 Å². The van der Waals surface area contributed by atoms with E-state index in [2.05, 4.69) is 9.99 Å². The number of carbonyl (C=O) groups is 3. The maximum absolute atomic E-state index is 13.7. The number of benzene rings is 1. The Hall–Kier alpha value is -2.30. The molecule has 2 fully saturated rings. The third kappa shape index (κ3) is 8.86. The summed E-state index contributed by atoms with van der Waals surface area (Å²) in [5.41, 5.74) is 0.270. The lowest BCUT2D eigenvalue weighted by Gasteiger charge is -2.47. The molecular formula is C30H49N4O7P. The summed E-state index contributed by atoms with van der Waals surface area (Å²) in [4.78, 5) is 45.0. The van der Waals surface area contributed by atoms with Crippen LogP contribution in [-0.4, -0.2) is 96.6 Å². The van der Waals surface area contributed by atoms with Crippen LogP contribution in [0.15, 0.2) is 30.3 Å². The van der Waals surface area contributed by atoms with Crippen LogP contribution in [0.25, 0.3) is 0 Å². The molecule has 12 heteroatoms. The van der Waals surface area contributed by atoms with Crippen molar-refractivity contribution in [2.75, 3.05) is 46.4 Å². The van der Waals surface area contributed by atoms with Crippen molar-refractivity contribution in [3.63, 3.8) is 0 Å². The molecule has 3 rings (SSSR count). The number of likely N-dealkylation sites (tertiary alicyclic amines) is 1. The van der Waals surface area contributed by atoms with Crippen LogP contribution in [0.2, 0.25) is 0 Å². The van der Waals surface area contributed by atoms with E-state index >= 15 is 0 Å². The Morgan fingerprint density at radius 3 is 2.33 bits per heavy atom. The fourth-order valence-electron chi connectivity index (χ4n) is 5.32. The molecule has 3 atom stereocenters. The fourth-order valence-corrected chi connectivity index (χ4v) is 6.75. The number of ether oxygens (including phenoxy) is 1. The zero-order valence-electron chi connectivity index (χ0n) is 26.0. The average molecular weight is 609 g/mol. The number of rotatable bonds is 15. The SMILES string of the molecule is CCC(CC)OC(=O)C(C)NP(=O)(OCCC(C)C)OCC(=O)N1CCN(Cc2ccccc2)C2(CCN(C)C2=O)C1. The molecule has 0 aliphatic carbocycles. The molecule has 1 aromatic carbocycles. The predicted molar refractivity (Wildman–Crippen MR) is 160 cm³/mol. The van der Waals surface area contributed by atoms with Crippen LogP contribution >= 0.6 is 7.75 Å². The zero-order chi connectivity index (χ0) is 30.9. The lowest BCUT2D eigenvalue weighted by Crippen LogP contribution is -2.66. The van der Waals surface area contributed by atoms with Crippen molar-refractivity contribution in [2.45, 2.75) is 84.5 Å². The van der Waals surface area contributed by atoms with Crippen LogP contribution in [0.4, 0.5) is 0 Å².